The van der Waals surface area contributed by atoms with E-state index >= 15 is 0 Å². The molecule has 2 atom stereocenters. The Labute approximate surface area is 63.6 Å². The van der Waals surface area contributed by atoms with E-state index in [1.165, 1.54) is 19.4 Å². The van der Waals surface area contributed by atoms with Crippen LogP contribution < -0.4 is 5.32 Å². The third-order valence-corrected chi connectivity index (χ3v) is 2.61. The Balaban J connectivity index is 2.45. The van der Waals surface area contributed by atoms with Gasteiger partial charge < -0.3 is 10.2 Å². The quantitative estimate of drug-likeness (QED) is 0.610. The van der Waals surface area contributed by atoms with Crippen LogP contribution in [0.2, 0.25) is 0 Å². The third kappa shape index (κ3) is 1.32. The molecule has 0 amide bonds. The maximum atomic E-state index is 3.35. The van der Waals surface area contributed by atoms with Crippen LogP contribution in [0, 0.1) is 0 Å². The van der Waals surface area contributed by atoms with E-state index in [2.05, 4.69) is 31.2 Å². The minimum Gasteiger partial charge on any atom is -0.315 e. The van der Waals surface area contributed by atoms with Crippen molar-refractivity contribution in [2.24, 2.45) is 0 Å². The van der Waals surface area contributed by atoms with Crippen molar-refractivity contribution in [2.75, 3.05) is 20.6 Å². The first-order chi connectivity index (χ1) is 4.79. The Hall–Kier alpha value is -0.0800. The van der Waals surface area contributed by atoms with Crippen LogP contribution in [0.1, 0.15) is 19.8 Å². The lowest BCUT2D eigenvalue weighted by Crippen LogP contribution is -2.38. The van der Waals surface area contributed by atoms with Crippen LogP contribution in [-0.4, -0.2) is 37.6 Å². The van der Waals surface area contributed by atoms with E-state index in [0.29, 0.717) is 0 Å². The van der Waals surface area contributed by atoms with Crippen LogP contribution in [0.5, 0.6) is 0 Å². The van der Waals surface area contributed by atoms with E-state index < -0.39 is 0 Å². The van der Waals surface area contributed by atoms with Gasteiger partial charge in [-0.1, -0.05) is 6.92 Å². The van der Waals surface area contributed by atoms with Crippen molar-refractivity contribution in [3.63, 3.8) is 0 Å². The number of hydrogen-bond acceptors (Lipinski definition) is 2. The summed E-state index contributed by atoms with van der Waals surface area (Å²) in [6.45, 7) is 3.51. The SMILES string of the molecule is CCC1C(NC)CCN1C. The molecule has 1 N–H and O–H groups in total. The molecular formula is C8H18N2. The molecule has 0 aromatic rings. The largest absolute Gasteiger partial charge is 0.315 e. The molecule has 1 heterocycles. The molecule has 0 saturated carbocycles. The van der Waals surface area contributed by atoms with Gasteiger partial charge in [-0.2, -0.15) is 0 Å². The number of hydrogen-bond donors (Lipinski definition) is 1. The topological polar surface area (TPSA) is 15.3 Å². The Morgan fingerprint density at radius 3 is 2.70 bits per heavy atom. The monoisotopic (exact) mass is 142 g/mol. The number of likely N-dealkylation sites (N-methyl/N-ethyl adjacent to an activating group) is 2. The first kappa shape index (κ1) is 8.02. The van der Waals surface area contributed by atoms with Crippen molar-refractivity contribution < 1.29 is 0 Å². The summed E-state index contributed by atoms with van der Waals surface area (Å²) in [5.41, 5.74) is 0. The minimum absolute atomic E-state index is 0.731. The van der Waals surface area contributed by atoms with Crippen LogP contribution in [0.4, 0.5) is 0 Å². The molecule has 2 nitrogen and oxygen atoms in total. The van der Waals surface area contributed by atoms with Crippen molar-refractivity contribution in [1.29, 1.82) is 0 Å². The van der Waals surface area contributed by atoms with Gasteiger partial charge in [0.2, 0.25) is 0 Å². The lowest BCUT2D eigenvalue weighted by atomic mass is 10.1. The van der Waals surface area contributed by atoms with Crippen molar-refractivity contribution in [3.8, 4) is 0 Å². The molecule has 0 aromatic heterocycles. The van der Waals surface area contributed by atoms with Crippen molar-refractivity contribution in [2.45, 2.75) is 31.8 Å². The highest BCUT2D eigenvalue weighted by atomic mass is 15.2. The smallest absolute Gasteiger partial charge is 0.0244 e. The highest BCUT2D eigenvalue weighted by molar-refractivity contribution is 4.88. The van der Waals surface area contributed by atoms with Gasteiger partial charge in [-0.15, -0.1) is 0 Å². The molecule has 1 aliphatic heterocycles. The molecule has 1 aliphatic rings. The zero-order valence-electron chi connectivity index (χ0n) is 7.22. The van der Waals surface area contributed by atoms with E-state index in [0.717, 1.165) is 12.1 Å². The molecular weight excluding hydrogens is 124 g/mol. The lowest BCUT2D eigenvalue weighted by Gasteiger charge is -2.22. The summed E-state index contributed by atoms with van der Waals surface area (Å²) in [4.78, 5) is 2.45. The molecule has 10 heavy (non-hydrogen) atoms. The molecule has 2 heteroatoms. The van der Waals surface area contributed by atoms with Gasteiger partial charge in [0.25, 0.3) is 0 Å². The maximum absolute atomic E-state index is 3.35. The normalized spacial score (nSPS) is 35.1. The van der Waals surface area contributed by atoms with Gasteiger partial charge in [-0.05, 0) is 33.5 Å². The van der Waals surface area contributed by atoms with E-state index in [-0.39, 0.29) is 0 Å². The van der Waals surface area contributed by atoms with Crippen LogP contribution in [-0.2, 0) is 0 Å². The van der Waals surface area contributed by atoms with Crippen LogP contribution in [0.25, 0.3) is 0 Å². The maximum Gasteiger partial charge on any atom is 0.0244 e. The Kier molecular flexibility index (Phi) is 2.69. The second-order valence-corrected chi connectivity index (χ2v) is 3.14. The van der Waals surface area contributed by atoms with Crippen molar-refractivity contribution >= 4 is 0 Å². The molecule has 0 spiro atoms. The Morgan fingerprint density at radius 1 is 1.60 bits per heavy atom. The standard InChI is InChI=1S/C8H18N2/c1-4-8-7(9-2)5-6-10(8)3/h7-9H,4-6H2,1-3H3. The fourth-order valence-electron chi connectivity index (χ4n) is 1.94. The first-order valence-corrected chi connectivity index (χ1v) is 4.17. The minimum atomic E-state index is 0.731. The fraction of sp³-hybridized carbons (Fsp3) is 1.00. The molecule has 1 fully saturated rings. The average Bonchev–Trinajstić information content (AvgIpc) is 2.30. The van der Waals surface area contributed by atoms with Crippen LogP contribution >= 0.6 is 0 Å². The number of likely N-dealkylation sites (tertiary alicyclic amines) is 1. The van der Waals surface area contributed by atoms with Crippen LogP contribution in [0.15, 0.2) is 0 Å². The molecule has 0 aromatic carbocycles. The highest BCUT2D eigenvalue weighted by Crippen LogP contribution is 2.17. The highest BCUT2D eigenvalue weighted by Gasteiger charge is 2.28. The Morgan fingerprint density at radius 2 is 2.30 bits per heavy atom. The third-order valence-electron chi connectivity index (χ3n) is 2.61. The van der Waals surface area contributed by atoms with Gasteiger partial charge >= 0.3 is 0 Å². The van der Waals surface area contributed by atoms with Crippen molar-refractivity contribution in [1.82, 2.24) is 10.2 Å². The fourth-order valence-corrected chi connectivity index (χ4v) is 1.94. The summed E-state index contributed by atoms with van der Waals surface area (Å²) < 4.78 is 0. The second-order valence-electron chi connectivity index (χ2n) is 3.14. The number of nitrogens with zero attached hydrogens (tertiary/aromatic N) is 1. The Bertz CT molecular complexity index is 103. The number of rotatable bonds is 2. The van der Waals surface area contributed by atoms with Gasteiger partial charge in [0.1, 0.15) is 0 Å². The summed E-state index contributed by atoms with van der Waals surface area (Å²) >= 11 is 0. The predicted molar refractivity (Wildman–Crippen MR) is 44.2 cm³/mol. The second kappa shape index (κ2) is 3.35. The van der Waals surface area contributed by atoms with E-state index in [9.17, 15) is 0 Å². The van der Waals surface area contributed by atoms with E-state index in [1.807, 2.05) is 0 Å². The van der Waals surface area contributed by atoms with Crippen molar-refractivity contribution in [3.05, 3.63) is 0 Å². The predicted octanol–water partition coefficient (Wildman–Crippen LogP) is 0.689. The number of nitrogens with one attached hydrogen (secondary N) is 1. The summed E-state index contributed by atoms with van der Waals surface area (Å²) in [5, 5.41) is 3.35. The van der Waals surface area contributed by atoms with Gasteiger partial charge in [-0.25, -0.2) is 0 Å². The van der Waals surface area contributed by atoms with Crippen LogP contribution in [0.3, 0.4) is 0 Å². The molecule has 0 aliphatic carbocycles. The molecule has 60 valence electrons. The first-order valence-electron chi connectivity index (χ1n) is 4.17. The van der Waals surface area contributed by atoms with E-state index in [4.69, 9.17) is 0 Å². The van der Waals surface area contributed by atoms with Gasteiger partial charge in [-0.3, -0.25) is 0 Å². The zero-order chi connectivity index (χ0) is 7.56. The van der Waals surface area contributed by atoms with Gasteiger partial charge in [0.15, 0.2) is 0 Å². The average molecular weight is 142 g/mol. The summed E-state index contributed by atoms with van der Waals surface area (Å²) in [5.74, 6) is 0. The summed E-state index contributed by atoms with van der Waals surface area (Å²) in [7, 11) is 4.28. The molecule has 0 bridgehead atoms. The summed E-state index contributed by atoms with van der Waals surface area (Å²) in [6.07, 6.45) is 2.58. The molecule has 1 saturated heterocycles. The lowest BCUT2D eigenvalue weighted by molar-refractivity contribution is 0.279. The summed E-state index contributed by atoms with van der Waals surface area (Å²) in [6, 6.07) is 1.50. The van der Waals surface area contributed by atoms with Gasteiger partial charge in [0.05, 0.1) is 0 Å². The van der Waals surface area contributed by atoms with Gasteiger partial charge in [0, 0.05) is 12.1 Å². The zero-order valence-corrected chi connectivity index (χ0v) is 7.22. The molecule has 0 radical (unpaired) electrons. The molecule has 2 unspecified atom stereocenters. The molecule has 1 rings (SSSR count). The van der Waals surface area contributed by atoms with E-state index in [1.54, 1.807) is 0 Å².